The Labute approximate surface area is 103 Å². The molecule has 0 fully saturated rings. The van der Waals surface area contributed by atoms with E-state index in [1.54, 1.807) is 0 Å². The molecule has 4 heteroatoms. The molecular weight excluding hydrogens is 214 g/mol. The average molecular weight is 235 g/mol. The Hall–Kier alpha value is -1.55. The maximum absolute atomic E-state index is 11.5. The highest BCUT2D eigenvalue weighted by molar-refractivity contribution is 5.74. The van der Waals surface area contributed by atoms with Crippen molar-refractivity contribution < 1.29 is 4.79 Å². The molecule has 0 aromatic heterocycles. The fourth-order valence-electron chi connectivity index (χ4n) is 1.55. The van der Waals surface area contributed by atoms with Gasteiger partial charge in [0.15, 0.2) is 0 Å². The molecule has 4 nitrogen and oxygen atoms in total. The molecule has 1 atom stereocenters. The fourth-order valence-corrected chi connectivity index (χ4v) is 1.55. The summed E-state index contributed by atoms with van der Waals surface area (Å²) in [5.41, 5.74) is 6.51. The monoisotopic (exact) mass is 235 g/mol. The zero-order valence-electron chi connectivity index (χ0n) is 10.3. The van der Waals surface area contributed by atoms with E-state index in [0.29, 0.717) is 13.1 Å². The Kier molecular flexibility index (Phi) is 6.10. The van der Waals surface area contributed by atoms with E-state index in [9.17, 15) is 4.79 Å². The molecule has 1 unspecified atom stereocenters. The smallest absolute Gasteiger partial charge is 0.315 e. The largest absolute Gasteiger partial charge is 0.336 e. The summed E-state index contributed by atoms with van der Waals surface area (Å²) < 4.78 is 0. The van der Waals surface area contributed by atoms with E-state index in [1.807, 2.05) is 37.3 Å². The van der Waals surface area contributed by atoms with Crippen molar-refractivity contribution in [3.05, 3.63) is 35.9 Å². The summed E-state index contributed by atoms with van der Waals surface area (Å²) in [5, 5.41) is 5.70. The fraction of sp³-hybridized carbons (Fsp3) is 0.462. The minimum atomic E-state index is -0.127. The lowest BCUT2D eigenvalue weighted by molar-refractivity contribution is 0.236. The predicted molar refractivity (Wildman–Crippen MR) is 69.6 cm³/mol. The molecule has 0 aliphatic heterocycles. The number of carbonyl (C=O) groups is 1. The van der Waals surface area contributed by atoms with E-state index in [4.69, 9.17) is 5.73 Å². The molecule has 0 aliphatic rings. The number of carbonyl (C=O) groups excluding carboxylic acids is 1. The van der Waals surface area contributed by atoms with Gasteiger partial charge in [-0.1, -0.05) is 30.3 Å². The first-order valence-corrected chi connectivity index (χ1v) is 6.00. The number of urea groups is 1. The van der Waals surface area contributed by atoms with Crippen molar-refractivity contribution in [2.45, 2.75) is 32.4 Å². The van der Waals surface area contributed by atoms with Crippen molar-refractivity contribution >= 4 is 6.03 Å². The maximum atomic E-state index is 11.5. The molecule has 17 heavy (non-hydrogen) atoms. The van der Waals surface area contributed by atoms with Gasteiger partial charge in [-0.2, -0.15) is 0 Å². The Bertz CT molecular complexity index is 327. The summed E-state index contributed by atoms with van der Waals surface area (Å²) in [6.07, 6.45) is 1.84. The first-order chi connectivity index (χ1) is 8.22. The predicted octanol–water partition coefficient (Wildman–Crippen LogP) is 1.61. The summed E-state index contributed by atoms with van der Waals surface area (Å²) in [6.45, 7) is 3.20. The number of benzene rings is 1. The molecule has 1 rings (SSSR count). The van der Waals surface area contributed by atoms with Crippen LogP contribution in [0.1, 0.15) is 25.3 Å². The Morgan fingerprint density at radius 3 is 2.71 bits per heavy atom. The van der Waals surface area contributed by atoms with Crippen molar-refractivity contribution in [3.8, 4) is 0 Å². The van der Waals surface area contributed by atoms with Crippen molar-refractivity contribution in [1.29, 1.82) is 0 Å². The van der Waals surface area contributed by atoms with Crippen LogP contribution in [0.3, 0.4) is 0 Å². The van der Waals surface area contributed by atoms with Gasteiger partial charge in [-0.05, 0) is 31.9 Å². The van der Waals surface area contributed by atoms with E-state index in [0.717, 1.165) is 18.4 Å². The van der Waals surface area contributed by atoms with Crippen molar-refractivity contribution in [3.63, 3.8) is 0 Å². The van der Waals surface area contributed by atoms with Crippen molar-refractivity contribution in [2.24, 2.45) is 5.73 Å². The molecule has 1 aromatic rings. The molecule has 0 radical (unpaired) electrons. The molecule has 0 spiro atoms. The summed E-state index contributed by atoms with van der Waals surface area (Å²) in [7, 11) is 0. The Balaban J connectivity index is 2.21. The van der Waals surface area contributed by atoms with Crippen LogP contribution in [0.5, 0.6) is 0 Å². The molecule has 0 saturated carbocycles. The lowest BCUT2D eigenvalue weighted by Gasteiger charge is -2.14. The molecule has 2 amide bonds. The summed E-state index contributed by atoms with van der Waals surface area (Å²) >= 11 is 0. The number of nitrogens with one attached hydrogen (secondary N) is 2. The van der Waals surface area contributed by atoms with E-state index in [-0.39, 0.29) is 12.1 Å². The van der Waals surface area contributed by atoms with Crippen LogP contribution in [-0.4, -0.2) is 18.6 Å². The molecular formula is C13H21N3O. The van der Waals surface area contributed by atoms with Crippen LogP contribution in [0.4, 0.5) is 4.79 Å². The van der Waals surface area contributed by atoms with Gasteiger partial charge in [-0.25, -0.2) is 4.79 Å². The van der Waals surface area contributed by atoms with Crippen LogP contribution in [0, 0.1) is 0 Å². The lowest BCUT2D eigenvalue weighted by Crippen LogP contribution is -2.40. The van der Waals surface area contributed by atoms with E-state index < -0.39 is 0 Å². The number of nitrogens with two attached hydrogens (primary N) is 1. The third-order valence-electron chi connectivity index (χ3n) is 2.51. The summed E-state index contributed by atoms with van der Waals surface area (Å²) in [5.74, 6) is 0. The zero-order chi connectivity index (χ0) is 12.5. The number of hydrogen-bond acceptors (Lipinski definition) is 2. The second-order valence-corrected chi connectivity index (χ2v) is 4.14. The standard InChI is InChI=1S/C13H21N3O/c1-11(6-5-9-14)16-13(17)15-10-12-7-3-2-4-8-12/h2-4,7-8,11H,5-6,9-10,14H2,1H3,(H2,15,16,17). The SMILES string of the molecule is CC(CCCN)NC(=O)NCc1ccccc1. The van der Waals surface area contributed by atoms with Gasteiger partial charge in [0.05, 0.1) is 0 Å². The summed E-state index contributed by atoms with van der Waals surface area (Å²) in [6, 6.07) is 9.87. The van der Waals surface area contributed by atoms with Gasteiger partial charge in [0, 0.05) is 12.6 Å². The molecule has 0 bridgehead atoms. The highest BCUT2D eigenvalue weighted by Crippen LogP contribution is 1.98. The number of rotatable bonds is 6. The molecule has 0 saturated heterocycles. The van der Waals surface area contributed by atoms with Crippen LogP contribution in [-0.2, 0) is 6.54 Å². The van der Waals surface area contributed by atoms with Gasteiger partial charge in [-0.15, -0.1) is 0 Å². The zero-order valence-corrected chi connectivity index (χ0v) is 10.3. The van der Waals surface area contributed by atoms with E-state index in [1.165, 1.54) is 0 Å². The number of hydrogen-bond donors (Lipinski definition) is 3. The second kappa shape index (κ2) is 7.68. The number of amides is 2. The maximum Gasteiger partial charge on any atom is 0.315 e. The average Bonchev–Trinajstić information content (AvgIpc) is 2.35. The summed E-state index contributed by atoms with van der Waals surface area (Å²) in [4.78, 5) is 11.5. The molecule has 94 valence electrons. The Morgan fingerprint density at radius 1 is 1.35 bits per heavy atom. The van der Waals surface area contributed by atoms with Crippen LogP contribution < -0.4 is 16.4 Å². The Morgan fingerprint density at radius 2 is 2.06 bits per heavy atom. The van der Waals surface area contributed by atoms with Crippen LogP contribution in [0.2, 0.25) is 0 Å². The van der Waals surface area contributed by atoms with Crippen LogP contribution in [0.15, 0.2) is 30.3 Å². The third-order valence-corrected chi connectivity index (χ3v) is 2.51. The normalized spacial score (nSPS) is 11.9. The minimum Gasteiger partial charge on any atom is -0.336 e. The van der Waals surface area contributed by atoms with Gasteiger partial charge in [0.25, 0.3) is 0 Å². The molecule has 1 aromatic carbocycles. The van der Waals surface area contributed by atoms with Crippen molar-refractivity contribution in [1.82, 2.24) is 10.6 Å². The van der Waals surface area contributed by atoms with E-state index >= 15 is 0 Å². The van der Waals surface area contributed by atoms with Gasteiger partial charge in [0.2, 0.25) is 0 Å². The second-order valence-electron chi connectivity index (χ2n) is 4.14. The highest BCUT2D eigenvalue weighted by Gasteiger charge is 2.05. The van der Waals surface area contributed by atoms with Gasteiger partial charge < -0.3 is 16.4 Å². The molecule has 4 N–H and O–H groups in total. The molecule has 0 aliphatic carbocycles. The topological polar surface area (TPSA) is 67.1 Å². The minimum absolute atomic E-state index is 0.127. The van der Waals surface area contributed by atoms with Crippen LogP contribution in [0.25, 0.3) is 0 Å². The van der Waals surface area contributed by atoms with Gasteiger partial charge in [-0.3, -0.25) is 0 Å². The first-order valence-electron chi connectivity index (χ1n) is 6.00. The van der Waals surface area contributed by atoms with Crippen molar-refractivity contribution in [2.75, 3.05) is 6.54 Å². The third kappa shape index (κ3) is 5.92. The van der Waals surface area contributed by atoms with Gasteiger partial charge >= 0.3 is 6.03 Å². The highest BCUT2D eigenvalue weighted by atomic mass is 16.2. The quantitative estimate of drug-likeness (QED) is 0.701. The van der Waals surface area contributed by atoms with Gasteiger partial charge in [0.1, 0.15) is 0 Å². The van der Waals surface area contributed by atoms with Crippen LogP contribution >= 0.6 is 0 Å². The lowest BCUT2D eigenvalue weighted by atomic mass is 10.2. The molecule has 0 heterocycles. The van der Waals surface area contributed by atoms with E-state index in [2.05, 4.69) is 10.6 Å². The first kappa shape index (κ1) is 13.5.